The largest absolute Gasteiger partial charge is 0.465 e. The van der Waals surface area contributed by atoms with Crippen LogP contribution in [0.3, 0.4) is 0 Å². The van der Waals surface area contributed by atoms with Crippen LogP contribution >= 0.6 is 11.3 Å². The van der Waals surface area contributed by atoms with Crippen molar-refractivity contribution in [3.63, 3.8) is 0 Å². The molecule has 0 aliphatic heterocycles. The van der Waals surface area contributed by atoms with Gasteiger partial charge in [-0.3, -0.25) is 14.5 Å². The van der Waals surface area contributed by atoms with Gasteiger partial charge in [-0.25, -0.2) is 0 Å². The van der Waals surface area contributed by atoms with Crippen LogP contribution in [-0.4, -0.2) is 30.3 Å². The van der Waals surface area contributed by atoms with Gasteiger partial charge in [-0.15, -0.1) is 11.3 Å². The molecule has 6 nitrogen and oxygen atoms in total. The number of carbonyl (C=O) groups excluding carboxylic acids is 2. The Labute approximate surface area is 126 Å². The number of aryl methyl sites for hydroxylation is 1. The Morgan fingerprint density at radius 3 is 2.76 bits per heavy atom. The number of amides is 2. The van der Waals surface area contributed by atoms with Crippen LogP contribution in [0.2, 0.25) is 0 Å². The molecule has 0 aromatic carbocycles. The van der Waals surface area contributed by atoms with Crippen molar-refractivity contribution in [2.75, 3.05) is 18.9 Å². The molecule has 0 fully saturated rings. The van der Waals surface area contributed by atoms with E-state index >= 15 is 0 Å². The van der Waals surface area contributed by atoms with Gasteiger partial charge >= 0.3 is 0 Å². The second-order valence-electron chi connectivity index (χ2n) is 4.76. The standard InChI is InChI=1S/C14H17N3O3S/c1-9-3-4-10(20-9)7-17(2)8-12(18)16-14-11(13(15)19)5-6-21-14/h3-6H,7-8H2,1-2H3,(H2,15,19)(H,16,18). The maximum absolute atomic E-state index is 12.0. The zero-order valence-corrected chi connectivity index (χ0v) is 12.7. The number of rotatable bonds is 6. The third kappa shape index (κ3) is 4.17. The fourth-order valence-electron chi connectivity index (χ4n) is 1.90. The van der Waals surface area contributed by atoms with E-state index in [4.69, 9.17) is 10.2 Å². The molecule has 112 valence electrons. The summed E-state index contributed by atoms with van der Waals surface area (Å²) in [6.45, 7) is 2.60. The molecule has 7 heteroatoms. The van der Waals surface area contributed by atoms with Gasteiger partial charge in [-0.05, 0) is 37.6 Å². The molecule has 0 saturated carbocycles. The topological polar surface area (TPSA) is 88.6 Å². The highest BCUT2D eigenvalue weighted by Crippen LogP contribution is 2.22. The van der Waals surface area contributed by atoms with Crippen molar-refractivity contribution in [3.05, 3.63) is 40.7 Å². The molecule has 0 bridgehead atoms. The predicted octanol–water partition coefficient (Wildman–Crippen LogP) is 1.82. The van der Waals surface area contributed by atoms with E-state index in [1.165, 1.54) is 11.3 Å². The van der Waals surface area contributed by atoms with E-state index in [-0.39, 0.29) is 12.5 Å². The first-order valence-electron chi connectivity index (χ1n) is 6.36. The molecule has 2 aromatic rings. The van der Waals surface area contributed by atoms with Gasteiger partial charge in [0.25, 0.3) is 5.91 Å². The number of anilines is 1. The lowest BCUT2D eigenvalue weighted by atomic mass is 10.3. The van der Waals surface area contributed by atoms with Crippen LogP contribution in [0.15, 0.2) is 28.0 Å². The Morgan fingerprint density at radius 1 is 1.38 bits per heavy atom. The molecule has 0 aliphatic carbocycles. The Morgan fingerprint density at radius 2 is 2.14 bits per heavy atom. The second-order valence-corrected chi connectivity index (χ2v) is 5.68. The average molecular weight is 307 g/mol. The zero-order chi connectivity index (χ0) is 15.4. The van der Waals surface area contributed by atoms with Gasteiger partial charge in [-0.1, -0.05) is 0 Å². The molecular weight excluding hydrogens is 290 g/mol. The number of primary amides is 1. The van der Waals surface area contributed by atoms with Crippen molar-refractivity contribution in [2.45, 2.75) is 13.5 Å². The molecule has 0 spiro atoms. The molecule has 0 saturated heterocycles. The summed E-state index contributed by atoms with van der Waals surface area (Å²) in [7, 11) is 1.82. The molecule has 0 atom stereocenters. The highest BCUT2D eigenvalue weighted by molar-refractivity contribution is 7.14. The zero-order valence-electron chi connectivity index (χ0n) is 11.9. The van der Waals surface area contributed by atoms with Crippen LogP contribution in [0.1, 0.15) is 21.9 Å². The highest BCUT2D eigenvalue weighted by Gasteiger charge is 2.14. The second kappa shape index (κ2) is 6.55. The number of nitrogens with one attached hydrogen (secondary N) is 1. The van der Waals surface area contributed by atoms with Crippen LogP contribution in [0, 0.1) is 6.92 Å². The van der Waals surface area contributed by atoms with E-state index < -0.39 is 5.91 Å². The number of hydrogen-bond donors (Lipinski definition) is 2. The molecule has 0 aliphatic rings. The summed E-state index contributed by atoms with van der Waals surface area (Å²) in [5.41, 5.74) is 5.57. The number of hydrogen-bond acceptors (Lipinski definition) is 5. The Kier molecular flexibility index (Phi) is 4.77. The quantitative estimate of drug-likeness (QED) is 0.852. The molecule has 3 N–H and O–H groups in total. The van der Waals surface area contributed by atoms with Crippen LogP contribution < -0.4 is 11.1 Å². The van der Waals surface area contributed by atoms with E-state index in [9.17, 15) is 9.59 Å². The van der Waals surface area contributed by atoms with Crippen LogP contribution in [0.4, 0.5) is 5.00 Å². The van der Waals surface area contributed by atoms with E-state index in [1.807, 2.05) is 31.0 Å². The van der Waals surface area contributed by atoms with Crippen molar-refractivity contribution >= 4 is 28.2 Å². The molecule has 2 amide bonds. The van der Waals surface area contributed by atoms with Gasteiger partial charge in [0.05, 0.1) is 18.7 Å². The monoisotopic (exact) mass is 307 g/mol. The lowest BCUT2D eigenvalue weighted by Crippen LogP contribution is -2.30. The first-order valence-corrected chi connectivity index (χ1v) is 7.24. The summed E-state index contributed by atoms with van der Waals surface area (Å²) in [5.74, 6) is 0.890. The number of nitrogens with two attached hydrogens (primary N) is 1. The molecule has 21 heavy (non-hydrogen) atoms. The normalized spacial score (nSPS) is 10.8. The first kappa shape index (κ1) is 15.3. The van der Waals surface area contributed by atoms with Crippen molar-refractivity contribution in [3.8, 4) is 0 Å². The molecule has 2 rings (SSSR count). The van der Waals surface area contributed by atoms with Gasteiger partial charge in [0.15, 0.2) is 0 Å². The summed E-state index contributed by atoms with van der Waals surface area (Å²) < 4.78 is 5.46. The third-order valence-electron chi connectivity index (χ3n) is 2.82. The summed E-state index contributed by atoms with van der Waals surface area (Å²) >= 11 is 1.27. The number of carbonyl (C=O) groups is 2. The van der Waals surface area contributed by atoms with Crippen LogP contribution in [-0.2, 0) is 11.3 Å². The number of thiophene rings is 1. The maximum atomic E-state index is 12.0. The van der Waals surface area contributed by atoms with Gasteiger partial charge in [0.2, 0.25) is 5.91 Å². The lowest BCUT2D eigenvalue weighted by Gasteiger charge is -2.14. The molecule has 2 heterocycles. The van der Waals surface area contributed by atoms with Gasteiger partial charge in [0.1, 0.15) is 16.5 Å². The van der Waals surface area contributed by atoms with Crippen molar-refractivity contribution in [1.29, 1.82) is 0 Å². The summed E-state index contributed by atoms with van der Waals surface area (Å²) in [4.78, 5) is 25.0. The van der Waals surface area contributed by atoms with E-state index in [1.54, 1.807) is 11.4 Å². The summed E-state index contributed by atoms with van der Waals surface area (Å²) in [6, 6.07) is 5.36. The summed E-state index contributed by atoms with van der Waals surface area (Å²) in [6.07, 6.45) is 0. The van der Waals surface area contributed by atoms with Gasteiger partial charge in [-0.2, -0.15) is 0 Å². The van der Waals surface area contributed by atoms with E-state index in [0.29, 0.717) is 17.1 Å². The van der Waals surface area contributed by atoms with Crippen molar-refractivity contribution in [2.24, 2.45) is 5.73 Å². The Hall–Kier alpha value is -2.12. The third-order valence-corrected chi connectivity index (χ3v) is 3.65. The highest BCUT2D eigenvalue weighted by atomic mass is 32.1. The number of furan rings is 1. The lowest BCUT2D eigenvalue weighted by molar-refractivity contribution is -0.117. The molecule has 2 aromatic heterocycles. The molecule has 0 unspecified atom stereocenters. The molecular formula is C14H17N3O3S. The Balaban J connectivity index is 1.89. The van der Waals surface area contributed by atoms with Gasteiger partial charge in [0, 0.05) is 0 Å². The van der Waals surface area contributed by atoms with E-state index in [2.05, 4.69) is 5.32 Å². The minimum Gasteiger partial charge on any atom is -0.465 e. The number of likely N-dealkylation sites (N-methyl/N-ethyl adjacent to an activating group) is 1. The van der Waals surface area contributed by atoms with Crippen molar-refractivity contribution in [1.82, 2.24) is 4.90 Å². The predicted molar refractivity (Wildman–Crippen MR) is 81.2 cm³/mol. The fourth-order valence-corrected chi connectivity index (χ4v) is 2.71. The minimum absolute atomic E-state index is 0.190. The number of nitrogens with zero attached hydrogens (tertiary/aromatic N) is 1. The minimum atomic E-state index is -0.550. The van der Waals surface area contributed by atoms with Crippen LogP contribution in [0.5, 0.6) is 0 Å². The van der Waals surface area contributed by atoms with E-state index in [0.717, 1.165) is 11.5 Å². The van der Waals surface area contributed by atoms with Gasteiger partial charge < -0.3 is 15.5 Å². The fraction of sp³-hybridized carbons (Fsp3) is 0.286. The average Bonchev–Trinajstić information content (AvgIpc) is 2.98. The SMILES string of the molecule is Cc1ccc(CN(C)CC(=O)Nc2sccc2C(N)=O)o1. The first-order chi connectivity index (χ1) is 9.95. The Bertz CT molecular complexity index is 647. The maximum Gasteiger partial charge on any atom is 0.251 e. The molecule has 0 radical (unpaired) electrons. The van der Waals surface area contributed by atoms with Crippen molar-refractivity contribution < 1.29 is 14.0 Å². The smallest absolute Gasteiger partial charge is 0.251 e. The summed E-state index contributed by atoms with van der Waals surface area (Å²) in [5, 5.41) is 4.89. The van der Waals surface area contributed by atoms with Crippen LogP contribution in [0.25, 0.3) is 0 Å².